The highest BCUT2D eigenvalue weighted by molar-refractivity contribution is 5.80. The normalized spacial score (nSPS) is 29.9. The molecule has 3 heteroatoms. The third-order valence-corrected chi connectivity index (χ3v) is 4.85. The van der Waals surface area contributed by atoms with Crippen molar-refractivity contribution in [3.63, 3.8) is 0 Å². The Morgan fingerprint density at radius 3 is 2.70 bits per heavy atom. The molecule has 1 aromatic carbocycles. The first-order chi connectivity index (χ1) is 9.74. The molecule has 3 rings (SSSR count). The lowest BCUT2D eigenvalue weighted by molar-refractivity contribution is -0.134. The van der Waals surface area contributed by atoms with Crippen molar-refractivity contribution in [3.05, 3.63) is 35.9 Å². The monoisotopic (exact) mass is 272 g/mol. The molecule has 2 aliphatic rings. The Hall–Kier alpha value is -1.35. The molecule has 1 saturated carbocycles. The van der Waals surface area contributed by atoms with Crippen LogP contribution in [0.15, 0.2) is 30.3 Å². The van der Waals surface area contributed by atoms with Crippen LogP contribution in [-0.4, -0.2) is 29.9 Å². The summed E-state index contributed by atoms with van der Waals surface area (Å²) < 4.78 is 0. The summed E-state index contributed by atoms with van der Waals surface area (Å²) in [5.74, 6) is 1.01. The molecule has 3 unspecified atom stereocenters. The van der Waals surface area contributed by atoms with Gasteiger partial charge in [0, 0.05) is 19.1 Å². The van der Waals surface area contributed by atoms with E-state index in [1.165, 1.54) is 5.56 Å². The number of hydrogen-bond donors (Lipinski definition) is 1. The molecular weight excluding hydrogens is 248 g/mol. The van der Waals surface area contributed by atoms with E-state index in [1.807, 2.05) is 0 Å². The van der Waals surface area contributed by atoms with Gasteiger partial charge in [-0.2, -0.15) is 0 Å². The minimum absolute atomic E-state index is 0.0884. The maximum Gasteiger partial charge on any atom is 0.227 e. The quantitative estimate of drug-likeness (QED) is 0.917. The molecule has 0 bridgehead atoms. The van der Waals surface area contributed by atoms with E-state index in [4.69, 9.17) is 5.73 Å². The van der Waals surface area contributed by atoms with Crippen molar-refractivity contribution in [1.82, 2.24) is 4.90 Å². The standard InChI is InChI=1S/C17H24N2O/c18-16-8-4-7-15(16)17(20)19-10-9-14(12-19)11-13-5-2-1-3-6-13/h1-3,5-6,14-16H,4,7-12,18H2. The van der Waals surface area contributed by atoms with Crippen LogP contribution in [0.5, 0.6) is 0 Å². The van der Waals surface area contributed by atoms with Crippen LogP contribution in [0.4, 0.5) is 0 Å². The lowest BCUT2D eigenvalue weighted by Gasteiger charge is -2.23. The number of amides is 1. The highest BCUT2D eigenvalue weighted by Gasteiger charge is 2.36. The van der Waals surface area contributed by atoms with Crippen molar-refractivity contribution in [2.75, 3.05) is 13.1 Å². The SMILES string of the molecule is NC1CCCC1C(=O)N1CCC(Cc2ccccc2)C1. The van der Waals surface area contributed by atoms with E-state index in [0.29, 0.717) is 11.8 Å². The van der Waals surface area contributed by atoms with Crippen molar-refractivity contribution in [2.45, 2.75) is 38.1 Å². The van der Waals surface area contributed by atoms with Crippen LogP contribution in [0.2, 0.25) is 0 Å². The highest BCUT2D eigenvalue weighted by atomic mass is 16.2. The van der Waals surface area contributed by atoms with Crippen molar-refractivity contribution in [1.29, 1.82) is 0 Å². The van der Waals surface area contributed by atoms with Crippen molar-refractivity contribution in [2.24, 2.45) is 17.6 Å². The summed E-state index contributed by atoms with van der Waals surface area (Å²) in [4.78, 5) is 14.6. The maximum atomic E-state index is 12.5. The van der Waals surface area contributed by atoms with Gasteiger partial charge >= 0.3 is 0 Å². The van der Waals surface area contributed by atoms with Gasteiger partial charge in [0.15, 0.2) is 0 Å². The zero-order chi connectivity index (χ0) is 13.9. The van der Waals surface area contributed by atoms with E-state index in [2.05, 4.69) is 35.2 Å². The fraction of sp³-hybridized carbons (Fsp3) is 0.588. The molecule has 108 valence electrons. The summed E-state index contributed by atoms with van der Waals surface area (Å²) in [5, 5.41) is 0. The topological polar surface area (TPSA) is 46.3 Å². The van der Waals surface area contributed by atoms with Crippen molar-refractivity contribution >= 4 is 5.91 Å². The van der Waals surface area contributed by atoms with Gasteiger partial charge < -0.3 is 10.6 Å². The summed E-state index contributed by atoms with van der Waals surface area (Å²) in [6.45, 7) is 1.83. The number of nitrogens with two attached hydrogens (primary N) is 1. The summed E-state index contributed by atoms with van der Waals surface area (Å²) in [6.07, 6.45) is 5.32. The zero-order valence-corrected chi connectivity index (χ0v) is 12.0. The number of likely N-dealkylation sites (tertiary alicyclic amines) is 1. The molecule has 0 aromatic heterocycles. The first-order valence-corrected chi connectivity index (χ1v) is 7.82. The molecule has 0 spiro atoms. The minimum atomic E-state index is 0.0884. The molecule has 3 nitrogen and oxygen atoms in total. The Morgan fingerprint density at radius 1 is 1.20 bits per heavy atom. The number of carbonyl (C=O) groups is 1. The van der Waals surface area contributed by atoms with E-state index in [-0.39, 0.29) is 12.0 Å². The number of hydrogen-bond acceptors (Lipinski definition) is 2. The second-order valence-electron chi connectivity index (χ2n) is 6.33. The van der Waals surface area contributed by atoms with E-state index < -0.39 is 0 Å². The van der Waals surface area contributed by atoms with Crippen LogP contribution in [0.1, 0.15) is 31.2 Å². The van der Waals surface area contributed by atoms with Gasteiger partial charge in [0.2, 0.25) is 5.91 Å². The molecule has 1 amide bonds. The van der Waals surface area contributed by atoms with Gasteiger partial charge in [-0.05, 0) is 37.2 Å². The zero-order valence-electron chi connectivity index (χ0n) is 12.0. The van der Waals surface area contributed by atoms with Crippen LogP contribution in [0.3, 0.4) is 0 Å². The minimum Gasteiger partial charge on any atom is -0.342 e. The van der Waals surface area contributed by atoms with Gasteiger partial charge in [0.05, 0.1) is 5.92 Å². The van der Waals surface area contributed by atoms with Crippen LogP contribution in [0.25, 0.3) is 0 Å². The van der Waals surface area contributed by atoms with E-state index in [0.717, 1.165) is 45.2 Å². The van der Waals surface area contributed by atoms with Crippen LogP contribution >= 0.6 is 0 Å². The van der Waals surface area contributed by atoms with Gasteiger partial charge in [0.25, 0.3) is 0 Å². The third-order valence-electron chi connectivity index (χ3n) is 4.85. The highest BCUT2D eigenvalue weighted by Crippen LogP contribution is 2.29. The second kappa shape index (κ2) is 5.96. The Bertz CT molecular complexity index is 459. The molecule has 0 radical (unpaired) electrons. The predicted molar refractivity (Wildman–Crippen MR) is 80.1 cm³/mol. The molecule has 1 aliphatic carbocycles. The van der Waals surface area contributed by atoms with E-state index >= 15 is 0 Å². The maximum absolute atomic E-state index is 12.5. The molecule has 1 saturated heterocycles. The molecule has 1 aromatic rings. The summed E-state index contributed by atoms with van der Waals surface area (Å²) >= 11 is 0. The number of nitrogens with zero attached hydrogens (tertiary/aromatic N) is 1. The average Bonchev–Trinajstić information content (AvgIpc) is 3.08. The van der Waals surface area contributed by atoms with Crippen molar-refractivity contribution in [3.8, 4) is 0 Å². The molecule has 3 atom stereocenters. The van der Waals surface area contributed by atoms with Crippen molar-refractivity contribution < 1.29 is 4.79 Å². The Morgan fingerprint density at radius 2 is 2.00 bits per heavy atom. The fourth-order valence-electron chi connectivity index (χ4n) is 3.68. The molecule has 1 aliphatic heterocycles. The Kier molecular flexibility index (Phi) is 4.06. The molecular formula is C17H24N2O. The lowest BCUT2D eigenvalue weighted by atomic mass is 9.99. The predicted octanol–water partition coefficient (Wildman–Crippen LogP) is 2.21. The van der Waals surface area contributed by atoms with Gasteiger partial charge in [-0.15, -0.1) is 0 Å². The molecule has 20 heavy (non-hydrogen) atoms. The largest absolute Gasteiger partial charge is 0.342 e. The van der Waals surface area contributed by atoms with E-state index in [9.17, 15) is 4.79 Å². The molecule has 2 fully saturated rings. The average molecular weight is 272 g/mol. The first-order valence-electron chi connectivity index (χ1n) is 7.82. The van der Waals surface area contributed by atoms with Crippen LogP contribution in [-0.2, 0) is 11.2 Å². The van der Waals surface area contributed by atoms with Gasteiger partial charge in [-0.25, -0.2) is 0 Å². The summed E-state index contributed by atoms with van der Waals surface area (Å²) in [5.41, 5.74) is 7.44. The van der Waals surface area contributed by atoms with Crippen LogP contribution < -0.4 is 5.73 Å². The van der Waals surface area contributed by atoms with E-state index in [1.54, 1.807) is 0 Å². The fourth-order valence-corrected chi connectivity index (χ4v) is 3.68. The van der Waals surface area contributed by atoms with Gasteiger partial charge in [-0.3, -0.25) is 4.79 Å². The first kappa shape index (κ1) is 13.6. The Labute approximate surface area is 121 Å². The number of rotatable bonds is 3. The second-order valence-corrected chi connectivity index (χ2v) is 6.33. The number of benzene rings is 1. The Balaban J connectivity index is 1.55. The number of carbonyl (C=O) groups excluding carboxylic acids is 1. The molecule has 2 N–H and O–H groups in total. The third kappa shape index (κ3) is 2.88. The summed E-state index contributed by atoms with van der Waals surface area (Å²) in [7, 11) is 0. The molecule has 1 heterocycles. The van der Waals surface area contributed by atoms with Crippen LogP contribution in [0, 0.1) is 11.8 Å². The summed E-state index contributed by atoms with van der Waals surface area (Å²) in [6, 6.07) is 10.7. The van der Waals surface area contributed by atoms with Gasteiger partial charge in [-0.1, -0.05) is 36.8 Å². The smallest absolute Gasteiger partial charge is 0.227 e. The van der Waals surface area contributed by atoms with Gasteiger partial charge in [0.1, 0.15) is 0 Å². The lowest BCUT2D eigenvalue weighted by Crippen LogP contribution is -2.40.